The second-order valence-corrected chi connectivity index (χ2v) is 5.87. The third-order valence-corrected chi connectivity index (χ3v) is 3.86. The van der Waals surface area contributed by atoms with Gasteiger partial charge in [-0.2, -0.15) is 0 Å². The largest absolute Gasteiger partial charge is 0.492 e. The summed E-state index contributed by atoms with van der Waals surface area (Å²) in [4.78, 5) is 4.26. The highest BCUT2D eigenvalue weighted by Crippen LogP contribution is 2.35. The van der Waals surface area contributed by atoms with Crippen molar-refractivity contribution in [1.29, 1.82) is 0 Å². The first kappa shape index (κ1) is 15.5. The fourth-order valence-electron chi connectivity index (χ4n) is 2.37. The lowest BCUT2D eigenvalue weighted by molar-refractivity contribution is 0.314. The highest BCUT2D eigenvalue weighted by Gasteiger charge is 2.30. The van der Waals surface area contributed by atoms with Crippen LogP contribution in [0.4, 0.5) is 0 Å². The Balaban J connectivity index is 2.24. The van der Waals surface area contributed by atoms with Crippen LogP contribution in [0.25, 0.3) is 0 Å². The minimum atomic E-state index is -0.174. The fourth-order valence-corrected chi connectivity index (χ4v) is 2.37. The van der Waals surface area contributed by atoms with Gasteiger partial charge in [0.05, 0.1) is 12.8 Å². The van der Waals surface area contributed by atoms with Gasteiger partial charge in [0.2, 0.25) is 0 Å². The normalized spacial score (nSPS) is 13.0. The highest BCUT2D eigenvalue weighted by atomic mass is 16.5. The van der Waals surface area contributed by atoms with Gasteiger partial charge in [0, 0.05) is 17.7 Å². The van der Waals surface area contributed by atoms with Gasteiger partial charge in [-0.1, -0.05) is 51.1 Å². The molecule has 1 unspecified atom stereocenters. The average molecular weight is 284 g/mol. The molecule has 0 amide bonds. The summed E-state index contributed by atoms with van der Waals surface area (Å²) in [6, 6.07) is 12.2. The zero-order valence-electron chi connectivity index (χ0n) is 13.0. The zero-order valence-corrected chi connectivity index (χ0v) is 13.0. The fraction of sp³-hybridized carbons (Fsp3) is 0.389. The molecule has 0 aliphatic heterocycles. The molecule has 2 rings (SSSR count). The number of nitrogens with zero attached hydrogens (tertiary/aromatic N) is 1. The van der Waals surface area contributed by atoms with Gasteiger partial charge in [-0.25, -0.2) is 0 Å². The van der Waals surface area contributed by atoms with Crippen molar-refractivity contribution in [3.63, 3.8) is 0 Å². The number of hydrogen-bond donors (Lipinski definition) is 1. The van der Waals surface area contributed by atoms with Crippen molar-refractivity contribution in [3.8, 4) is 5.75 Å². The molecule has 0 aliphatic carbocycles. The van der Waals surface area contributed by atoms with Crippen LogP contribution >= 0.6 is 0 Å². The van der Waals surface area contributed by atoms with Crippen LogP contribution in [0.15, 0.2) is 48.8 Å². The van der Waals surface area contributed by atoms with Crippen molar-refractivity contribution in [2.45, 2.75) is 38.6 Å². The predicted octanol–water partition coefficient (Wildman–Crippen LogP) is 3.85. The number of pyridine rings is 1. The molecule has 1 aromatic carbocycles. The van der Waals surface area contributed by atoms with Gasteiger partial charge in [-0.05, 0) is 23.6 Å². The second-order valence-electron chi connectivity index (χ2n) is 5.87. The first-order valence-corrected chi connectivity index (χ1v) is 7.44. The average Bonchev–Trinajstić information content (AvgIpc) is 2.53. The summed E-state index contributed by atoms with van der Waals surface area (Å²) >= 11 is 0. The molecule has 1 aromatic heterocycles. The van der Waals surface area contributed by atoms with Crippen molar-refractivity contribution in [2.24, 2.45) is 5.73 Å². The van der Waals surface area contributed by atoms with E-state index in [-0.39, 0.29) is 11.5 Å². The van der Waals surface area contributed by atoms with Gasteiger partial charge in [0.1, 0.15) is 5.75 Å². The first-order chi connectivity index (χ1) is 10.1. The van der Waals surface area contributed by atoms with E-state index in [1.165, 1.54) is 5.56 Å². The molecular formula is C18H24N2O. The highest BCUT2D eigenvalue weighted by molar-refractivity contribution is 5.33. The van der Waals surface area contributed by atoms with Gasteiger partial charge in [0.15, 0.2) is 0 Å². The Bertz CT molecular complexity index is 566. The molecule has 0 saturated carbocycles. The summed E-state index contributed by atoms with van der Waals surface area (Å²) in [6.07, 6.45) is 4.54. The molecular weight excluding hydrogens is 260 g/mol. The topological polar surface area (TPSA) is 48.1 Å². The van der Waals surface area contributed by atoms with E-state index in [0.29, 0.717) is 6.61 Å². The molecule has 0 fully saturated rings. The van der Waals surface area contributed by atoms with Crippen LogP contribution in [0.3, 0.4) is 0 Å². The minimum Gasteiger partial charge on any atom is -0.492 e. The monoisotopic (exact) mass is 284 g/mol. The van der Waals surface area contributed by atoms with Gasteiger partial charge in [-0.15, -0.1) is 0 Å². The Labute approximate surface area is 127 Å². The number of benzene rings is 1. The molecule has 3 nitrogen and oxygen atoms in total. The number of aromatic nitrogens is 1. The molecule has 0 aliphatic rings. The Morgan fingerprint density at radius 1 is 1.19 bits per heavy atom. The van der Waals surface area contributed by atoms with E-state index in [2.05, 4.69) is 37.9 Å². The smallest absolute Gasteiger partial charge is 0.137 e. The van der Waals surface area contributed by atoms with Gasteiger partial charge in [-0.3, -0.25) is 4.98 Å². The Hall–Kier alpha value is -1.87. The van der Waals surface area contributed by atoms with Gasteiger partial charge in [0.25, 0.3) is 0 Å². The first-order valence-electron chi connectivity index (χ1n) is 7.44. The predicted molar refractivity (Wildman–Crippen MR) is 86.4 cm³/mol. The summed E-state index contributed by atoms with van der Waals surface area (Å²) in [7, 11) is 0. The Morgan fingerprint density at radius 3 is 2.57 bits per heavy atom. The minimum absolute atomic E-state index is 0.141. The van der Waals surface area contributed by atoms with Crippen molar-refractivity contribution >= 4 is 0 Å². The Morgan fingerprint density at radius 2 is 1.90 bits per heavy atom. The van der Waals surface area contributed by atoms with Crippen LogP contribution in [0.1, 0.15) is 44.4 Å². The van der Waals surface area contributed by atoms with E-state index < -0.39 is 0 Å². The van der Waals surface area contributed by atoms with Crippen LogP contribution in [0.5, 0.6) is 5.75 Å². The van der Waals surface area contributed by atoms with Crippen molar-refractivity contribution in [1.82, 2.24) is 4.98 Å². The molecule has 21 heavy (non-hydrogen) atoms. The van der Waals surface area contributed by atoms with Gasteiger partial charge >= 0.3 is 0 Å². The van der Waals surface area contributed by atoms with Crippen LogP contribution in [-0.4, -0.2) is 11.6 Å². The molecule has 1 heterocycles. The number of rotatable bonds is 6. The molecule has 2 N–H and O–H groups in total. The molecule has 2 aromatic rings. The molecule has 0 spiro atoms. The summed E-state index contributed by atoms with van der Waals surface area (Å²) in [5.41, 5.74) is 8.55. The maximum absolute atomic E-state index is 6.51. The van der Waals surface area contributed by atoms with E-state index in [9.17, 15) is 0 Å². The lowest BCUT2D eigenvalue weighted by Gasteiger charge is -2.32. The molecule has 0 radical (unpaired) electrons. The lowest BCUT2D eigenvalue weighted by Crippen LogP contribution is -2.33. The van der Waals surface area contributed by atoms with E-state index >= 15 is 0 Å². The summed E-state index contributed by atoms with van der Waals surface area (Å²) in [5.74, 6) is 0.786. The standard InChI is InChI=1S/C18H24N2O/c1-4-10-21-16-11-14(12-20-13-16)17(19)18(2,3)15-8-6-5-7-9-15/h5-9,11-13,17H,4,10,19H2,1-3H3. The third-order valence-electron chi connectivity index (χ3n) is 3.86. The maximum atomic E-state index is 6.51. The zero-order chi connectivity index (χ0) is 15.3. The van der Waals surface area contributed by atoms with Crippen LogP contribution in [0, 0.1) is 0 Å². The molecule has 1 atom stereocenters. The van der Waals surface area contributed by atoms with Crippen molar-refractivity contribution < 1.29 is 4.74 Å². The lowest BCUT2D eigenvalue weighted by atomic mass is 9.76. The molecule has 112 valence electrons. The second kappa shape index (κ2) is 6.72. The van der Waals surface area contributed by atoms with Crippen LogP contribution in [0.2, 0.25) is 0 Å². The summed E-state index contributed by atoms with van der Waals surface area (Å²) in [5, 5.41) is 0. The van der Waals surface area contributed by atoms with Crippen molar-refractivity contribution in [3.05, 3.63) is 59.9 Å². The van der Waals surface area contributed by atoms with E-state index in [4.69, 9.17) is 10.5 Å². The maximum Gasteiger partial charge on any atom is 0.137 e. The van der Waals surface area contributed by atoms with Crippen molar-refractivity contribution in [2.75, 3.05) is 6.61 Å². The molecule has 3 heteroatoms. The SMILES string of the molecule is CCCOc1cncc(C(N)C(C)(C)c2ccccc2)c1. The van der Waals surface area contributed by atoms with Crippen LogP contribution < -0.4 is 10.5 Å². The van der Waals surface area contributed by atoms with E-state index in [1.54, 1.807) is 6.20 Å². The van der Waals surface area contributed by atoms with E-state index in [0.717, 1.165) is 17.7 Å². The number of ether oxygens (including phenoxy) is 1. The summed E-state index contributed by atoms with van der Waals surface area (Å²) in [6.45, 7) is 7.10. The Kier molecular flexibility index (Phi) is 4.97. The van der Waals surface area contributed by atoms with E-state index in [1.807, 2.05) is 30.5 Å². The number of hydrogen-bond acceptors (Lipinski definition) is 3. The quantitative estimate of drug-likeness (QED) is 0.876. The van der Waals surface area contributed by atoms with Crippen LogP contribution in [-0.2, 0) is 5.41 Å². The molecule has 0 bridgehead atoms. The van der Waals surface area contributed by atoms with Gasteiger partial charge < -0.3 is 10.5 Å². The molecule has 0 saturated heterocycles. The summed E-state index contributed by atoms with van der Waals surface area (Å²) < 4.78 is 5.65. The third kappa shape index (κ3) is 3.61. The number of nitrogens with two attached hydrogens (primary N) is 1.